The van der Waals surface area contributed by atoms with E-state index in [-0.39, 0.29) is 5.92 Å². The molecule has 0 aromatic rings. The van der Waals surface area contributed by atoms with Gasteiger partial charge < -0.3 is 4.74 Å². The highest BCUT2D eigenvalue weighted by atomic mass is 32.2. The molecule has 0 fully saturated rings. The maximum absolute atomic E-state index is 8.48. The molecule has 0 aliphatic heterocycles. The average Bonchev–Trinajstić information content (AvgIpc) is 2.10. The highest BCUT2D eigenvalue weighted by molar-refractivity contribution is 8.07. The molecule has 13 heavy (non-hydrogen) atoms. The van der Waals surface area contributed by atoms with Crippen molar-refractivity contribution < 1.29 is 4.74 Å². The Morgan fingerprint density at radius 1 is 1.62 bits per heavy atom. The predicted molar refractivity (Wildman–Crippen MR) is 57.1 cm³/mol. The van der Waals surface area contributed by atoms with Crippen LogP contribution in [0, 0.1) is 16.6 Å². The second kappa shape index (κ2) is 6.67. The number of hydrogen-bond acceptors (Lipinski definition) is 5. The summed E-state index contributed by atoms with van der Waals surface area (Å²) in [7, 11) is 1.50. The lowest BCUT2D eigenvalue weighted by molar-refractivity contribution is 0.316. The van der Waals surface area contributed by atoms with Crippen LogP contribution >= 0.6 is 24.0 Å². The molecule has 0 aliphatic rings. The van der Waals surface area contributed by atoms with Gasteiger partial charge in [0.15, 0.2) is 5.09 Å². The smallest absolute Gasteiger partial charge is 0.190 e. The van der Waals surface area contributed by atoms with E-state index in [1.165, 1.54) is 7.11 Å². The van der Waals surface area contributed by atoms with E-state index in [9.17, 15) is 0 Å². The van der Waals surface area contributed by atoms with Crippen LogP contribution in [0.1, 0.15) is 13.8 Å². The van der Waals surface area contributed by atoms with Gasteiger partial charge in [0.05, 0.1) is 12.3 Å². The van der Waals surface area contributed by atoms with Crippen LogP contribution in [0.3, 0.4) is 0 Å². The Morgan fingerprint density at radius 2 is 2.23 bits per heavy atom. The van der Waals surface area contributed by atoms with Crippen molar-refractivity contribution >= 4 is 29.1 Å². The number of ether oxygens (including phenoxy) is 1. The summed E-state index contributed by atoms with van der Waals surface area (Å²) in [6.07, 6.45) is 0. The predicted octanol–water partition coefficient (Wildman–Crippen LogP) is 2.77. The van der Waals surface area contributed by atoms with Gasteiger partial charge in [0.1, 0.15) is 11.1 Å². The monoisotopic (exact) mass is 214 g/mol. The Hall–Kier alpha value is -0.820. The number of rotatable bonds is 4. The van der Waals surface area contributed by atoms with E-state index >= 15 is 0 Å². The zero-order chi connectivity index (χ0) is 10.3. The fraction of sp³-hybridized carbons (Fsp3) is 0.500. The van der Waals surface area contributed by atoms with Gasteiger partial charge in [-0.05, 0) is 12.2 Å². The van der Waals surface area contributed by atoms with Crippen molar-refractivity contribution in [3.05, 3.63) is 10.8 Å². The minimum Gasteiger partial charge on any atom is -0.488 e. The third kappa shape index (κ3) is 4.09. The number of nitriles is 1. The van der Waals surface area contributed by atoms with Crippen LogP contribution in [0.2, 0.25) is 0 Å². The molecule has 70 valence electrons. The van der Waals surface area contributed by atoms with Crippen molar-refractivity contribution in [1.82, 2.24) is 0 Å². The van der Waals surface area contributed by atoms with Gasteiger partial charge in [-0.2, -0.15) is 10.3 Å². The lowest BCUT2D eigenvalue weighted by Crippen LogP contribution is -1.96. The molecule has 0 atom stereocenters. The first-order valence-corrected chi connectivity index (χ1v) is 4.81. The van der Waals surface area contributed by atoms with E-state index in [0.29, 0.717) is 10.8 Å². The molecule has 0 saturated carbocycles. The van der Waals surface area contributed by atoms with Crippen LogP contribution in [0.4, 0.5) is 0 Å². The number of nitrogens with zero attached hydrogens (tertiary/aromatic N) is 2. The van der Waals surface area contributed by atoms with Gasteiger partial charge in [-0.25, -0.2) is 0 Å². The second-order valence-corrected chi connectivity index (χ2v) is 3.37. The van der Waals surface area contributed by atoms with Crippen LogP contribution in [0.15, 0.2) is 15.8 Å². The Balaban J connectivity index is 5.01. The molecular weight excluding hydrogens is 204 g/mol. The number of thioether (sulfide) groups is 1. The quantitative estimate of drug-likeness (QED) is 0.312. The van der Waals surface area contributed by atoms with Crippen LogP contribution in [-0.4, -0.2) is 12.3 Å². The third-order valence-electron chi connectivity index (χ3n) is 1.25. The number of thiocarbonyl (C=S) groups is 1. The van der Waals surface area contributed by atoms with Gasteiger partial charge in [-0.3, -0.25) is 0 Å². The highest BCUT2D eigenvalue weighted by Crippen LogP contribution is 2.25. The van der Waals surface area contributed by atoms with Gasteiger partial charge >= 0.3 is 0 Å². The number of thiocyanates is 1. The Bertz CT molecular complexity index is 285. The molecule has 0 aliphatic carbocycles. The molecule has 0 spiro atoms. The molecule has 0 radical (unpaired) electrons. The fourth-order valence-corrected chi connectivity index (χ4v) is 1.35. The summed E-state index contributed by atoms with van der Waals surface area (Å²) < 4.78 is 5.01. The lowest BCUT2D eigenvalue weighted by atomic mass is 10.2. The van der Waals surface area contributed by atoms with E-state index in [0.717, 1.165) is 11.8 Å². The number of aliphatic imine (C=N–C) groups is 1. The van der Waals surface area contributed by atoms with Crippen molar-refractivity contribution in [2.75, 3.05) is 7.11 Å². The summed E-state index contributed by atoms with van der Waals surface area (Å²) in [5.41, 5.74) is 0.657. The Labute approximate surface area is 87.5 Å². The van der Waals surface area contributed by atoms with Crippen molar-refractivity contribution in [1.29, 1.82) is 5.26 Å². The number of hydrogen-bond donors (Lipinski definition) is 0. The first-order chi connectivity index (χ1) is 6.17. The van der Waals surface area contributed by atoms with E-state index in [1.54, 1.807) is 0 Å². The maximum atomic E-state index is 8.48. The van der Waals surface area contributed by atoms with Crippen molar-refractivity contribution in [3.8, 4) is 5.40 Å². The lowest BCUT2D eigenvalue weighted by Gasteiger charge is -2.08. The van der Waals surface area contributed by atoms with Crippen LogP contribution in [-0.2, 0) is 4.74 Å². The molecule has 0 bridgehead atoms. The molecule has 5 heteroatoms. The summed E-state index contributed by atoms with van der Waals surface area (Å²) in [4.78, 5) is 3.86. The van der Waals surface area contributed by atoms with Crippen LogP contribution in [0.5, 0.6) is 0 Å². The van der Waals surface area contributed by atoms with Gasteiger partial charge in [0, 0.05) is 17.7 Å². The van der Waals surface area contributed by atoms with Gasteiger partial charge in [-0.15, -0.1) is 0 Å². The second-order valence-electron chi connectivity index (χ2n) is 2.43. The fourth-order valence-electron chi connectivity index (χ4n) is 0.700. The van der Waals surface area contributed by atoms with Crippen LogP contribution in [0.25, 0.3) is 0 Å². The summed E-state index contributed by atoms with van der Waals surface area (Å²) in [6, 6.07) is 0. The highest BCUT2D eigenvalue weighted by Gasteiger charge is 2.11. The first kappa shape index (κ1) is 12.2. The summed E-state index contributed by atoms with van der Waals surface area (Å²) >= 11 is 5.44. The molecule has 0 aromatic heterocycles. The minimum atomic E-state index is 0.159. The van der Waals surface area contributed by atoms with E-state index in [2.05, 4.69) is 22.4 Å². The molecular formula is C8H10N2OS2. The number of methoxy groups -OCH3 is 1. The first-order valence-electron chi connectivity index (χ1n) is 3.59. The van der Waals surface area contributed by atoms with Gasteiger partial charge in [0.2, 0.25) is 0 Å². The summed E-state index contributed by atoms with van der Waals surface area (Å²) in [5.74, 6) is 0.159. The topological polar surface area (TPSA) is 45.4 Å². The minimum absolute atomic E-state index is 0.159. The molecule has 0 amide bonds. The molecule has 0 heterocycles. The standard InChI is InChI=1S/C8H10N2OS2/c1-6(2)7(10-5-12)8(11-3)13-4-9/h6H,1-3H3/b8-7+. The van der Waals surface area contributed by atoms with Gasteiger partial charge in [-0.1, -0.05) is 13.8 Å². The molecule has 0 aromatic carbocycles. The zero-order valence-corrected chi connectivity index (χ0v) is 9.33. The van der Waals surface area contributed by atoms with Crippen molar-refractivity contribution in [3.63, 3.8) is 0 Å². The number of allylic oxidation sites excluding steroid dienone is 1. The molecule has 0 N–H and O–H groups in total. The third-order valence-corrected chi connectivity index (χ3v) is 1.99. The SMILES string of the molecule is CO/C(SC#N)=C(\N=C=S)C(C)C. The van der Waals surface area contributed by atoms with E-state index in [4.69, 9.17) is 10.00 Å². The largest absolute Gasteiger partial charge is 0.488 e. The van der Waals surface area contributed by atoms with E-state index < -0.39 is 0 Å². The van der Waals surface area contributed by atoms with Crippen molar-refractivity contribution in [2.24, 2.45) is 10.9 Å². The summed E-state index contributed by atoms with van der Waals surface area (Å²) in [6.45, 7) is 3.89. The van der Waals surface area contributed by atoms with Gasteiger partial charge in [0.25, 0.3) is 0 Å². The Morgan fingerprint density at radius 3 is 2.54 bits per heavy atom. The average molecular weight is 214 g/mol. The molecule has 0 saturated heterocycles. The summed E-state index contributed by atoms with van der Waals surface area (Å²) in [5, 5.41) is 13.2. The Kier molecular flexibility index (Phi) is 6.25. The molecule has 3 nitrogen and oxygen atoms in total. The van der Waals surface area contributed by atoms with Crippen molar-refractivity contribution in [2.45, 2.75) is 13.8 Å². The van der Waals surface area contributed by atoms with Crippen LogP contribution < -0.4 is 0 Å². The molecule has 0 unspecified atom stereocenters. The van der Waals surface area contributed by atoms with E-state index in [1.807, 2.05) is 19.2 Å². The zero-order valence-electron chi connectivity index (χ0n) is 7.70. The maximum Gasteiger partial charge on any atom is 0.190 e. The normalized spacial score (nSPS) is 11.3. The molecule has 0 rings (SSSR count). The number of isothiocyanates is 1.